The molecule has 1 saturated heterocycles. The molecule has 1 N–H and O–H groups in total. The third kappa shape index (κ3) is 6.59. The van der Waals surface area contributed by atoms with Gasteiger partial charge in [-0.15, -0.1) is 0 Å². The third-order valence-electron chi connectivity index (χ3n) is 5.76. The van der Waals surface area contributed by atoms with Gasteiger partial charge in [0.25, 0.3) is 11.1 Å². The molecule has 37 heavy (non-hydrogen) atoms. The van der Waals surface area contributed by atoms with Crippen molar-refractivity contribution in [3.05, 3.63) is 94.4 Å². The zero-order chi connectivity index (χ0) is 26.4. The Morgan fingerprint density at radius 2 is 1.73 bits per heavy atom. The van der Waals surface area contributed by atoms with Crippen molar-refractivity contribution >= 4 is 40.6 Å². The molecule has 3 amide bonds. The molecule has 0 saturated carbocycles. The topological polar surface area (TPSA) is 84.9 Å². The van der Waals surface area contributed by atoms with Crippen molar-refractivity contribution in [3.63, 3.8) is 0 Å². The summed E-state index contributed by atoms with van der Waals surface area (Å²) in [6.45, 7) is 4.21. The number of hydrogen-bond acceptors (Lipinski definition) is 6. The number of ether oxygens (including phenoxy) is 2. The van der Waals surface area contributed by atoms with Gasteiger partial charge in [0, 0.05) is 5.69 Å². The summed E-state index contributed by atoms with van der Waals surface area (Å²) in [5, 5.41) is 2.25. The molecule has 1 aliphatic heterocycles. The van der Waals surface area contributed by atoms with E-state index >= 15 is 0 Å². The summed E-state index contributed by atoms with van der Waals surface area (Å²) in [5.74, 6) is 0.498. The van der Waals surface area contributed by atoms with Crippen LogP contribution in [0.25, 0.3) is 6.08 Å². The Labute approximate surface area is 220 Å². The van der Waals surface area contributed by atoms with Crippen LogP contribution >= 0.6 is 11.8 Å². The van der Waals surface area contributed by atoms with E-state index in [1.807, 2.05) is 54.6 Å². The maximum Gasteiger partial charge on any atom is 0.294 e. The van der Waals surface area contributed by atoms with Crippen molar-refractivity contribution in [3.8, 4) is 11.5 Å². The van der Waals surface area contributed by atoms with Gasteiger partial charge < -0.3 is 14.8 Å². The van der Waals surface area contributed by atoms with Gasteiger partial charge in [-0.1, -0.05) is 62.4 Å². The van der Waals surface area contributed by atoms with Crippen molar-refractivity contribution in [1.29, 1.82) is 0 Å². The molecule has 7 nitrogen and oxygen atoms in total. The molecule has 1 heterocycles. The Balaban J connectivity index is 1.40. The zero-order valence-corrected chi connectivity index (χ0v) is 21.7. The van der Waals surface area contributed by atoms with Crippen LogP contribution in [0.4, 0.5) is 10.5 Å². The molecule has 1 aliphatic rings. The summed E-state index contributed by atoms with van der Waals surface area (Å²) in [6.07, 6.45) is 1.61. The lowest BCUT2D eigenvalue weighted by molar-refractivity contribution is -0.127. The van der Waals surface area contributed by atoms with E-state index in [1.54, 1.807) is 24.3 Å². The first-order chi connectivity index (χ1) is 17.8. The number of benzene rings is 3. The van der Waals surface area contributed by atoms with Crippen LogP contribution in [-0.2, 0) is 16.2 Å². The van der Waals surface area contributed by atoms with Gasteiger partial charge in [0.2, 0.25) is 5.91 Å². The number of nitrogens with zero attached hydrogens (tertiary/aromatic N) is 1. The number of nitrogens with one attached hydrogen (secondary N) is 1. The van der Waals surface area contributed by atoms with Gasteiger partial charge >= 0.3 is 0 Å². The molecule has 0 atom stereocenters. The van der Waals surface area contributed by atoms with Crippen LogP contribution in [0.15, 0.2) is 77.7 Å². The molecule has 0 bridgehead atoms. The molecular weight excluding hydrogens is 488 g/mol. The SMILES string of the molecule is COc1cc(/C=C2/SC(=O)N(CC(=O)Nc3ccc(C(C)C)cc3)C2=O)ccc1OCc1ccccc1. The average molecular weight is 517 g/mol. The van der Waals surface area contributed by atoms with Gasteiger partial charge in [0.1, 0.15) is 13.2 Å². The lowest BCUT2D eigenvalue weighted by Gasteiger charge is -2.13. The lowest BCUT2D eigenvalue weighted by Crippen LogP contribution is -2.36. The van der Waals surface area contributed by atoms with E-state index in [0.29, 0.717) is 35.3 Å². The second kappa shape index (κ2) is 11.8. The minimum atomic E-state index is -0.510. The number of amides is 3. The minimum Gasteiger partial charge on any atom is -0.493 e. The van der Waals surface area contributed by atoms with E-state index in [9.17, 15) is 14.4 Å². The van der Waals surface area contributed by atoms with Crippen LogP contribution < -0.4 is 14.8 Å². The van der Waals surface area contributed by atoms with Crippen LogP contribution in [0.2, 0.25) is 0 Å². The first-order valence-corrected chi connectivity index (χ1v) is 12.7. The van der Waals surface area contributed by atoms with E-state index < -0.39 is 17.1 Å². The van der Waals surface area contributed by atoms with Gasteiger partial charge in [-0.25, -0.2) is 0 Å². The first kappa shape index (κ1) is 26.0. The van der Waals surface area contributed by atoms with E-state index in [-0.39, 0.29) is 11.4 Å². The molecule has 0 aromatic heterocycles. The summed E-state index contributed by atoms with van der Waals surface area (Å²) in [5.41, 5.74) is 3.46. The van der Waals surface area contributed by atoms with Gasteiger partial charge in [-0.3, -0.25) is 19.3 Å². The molecule has 0 unspecified atom stereocenters. The lowest BCUT2D eigenvalue weighted by atomic mass is 10.0. The van der Waals surface area contributed by atoms with Crippen molar-refractivity contribution in [2.45, 2.75) is 26.4 Å². The highest BCUT2D eigenvalue weighted by atomic mass is 32.2. The highest BCUT2D eigenvalue weighted by molar-refractivity contribution is 8.18. The molecule has 3 aromatic carbocycles. The molecule has 4 rings (SSSR count). The standard InChI is InChI=1S/C29H28N2O5S/c1-19(2)22-10-12-23(13-11-22)30-27(32)17-31-28(33)26(37-29(31)34)16-21-9-14-24(25(15-21)35-3)36-18-20-7-5-4-6-8-20/h4-16,19H,17-18H2,1-3H3,(H,30,32)/b26-16+. The van der Waals surface area contributed by atoms with Crippen LogP contribution in [0.5, 0.6) is 11.5 Å². The Morgan fingerprint density at radius 3 is 2.41 bits per heavy atom. The summed E-state index contributed by atoms with van der Waals surface area (Å²) < 4.78 is 11.3. The van der Waals surface area contributed by atoms with Gasteiger partial charge in [0.15, 0.2) is 11.5 Å². The fourth-order valence-electron chi connectivity index (χ4n) is 3.71. The fraction of sp³-hybridized carbons (Fsp3) is 0.207. The summed E-state index contributed by atoms with van der Waals surface area (Å²) in [7, 11) is 1.54. The van der Waals surface area contributed by atoms with Crippen LogP contribution in [0.3, 0.4) is 0 Å². The molecule has 190 valence electrons. The summed E-state index contributed by atoms with van der Waals surface area (Å²) in [4.78, 5) is 39.1. The van der Waals surface area contributed by atoms with E-state index in [1.165, 1.54) is 7.11 Å². The van der Waals surface area contributed by atoms with Gasteiger partial charge in [0.05, 0.1) is 12.0 Å². The predicted octanol–water partition coefficient (Wildman–Crippen LogP) is 6.07. The quantitative estimate of drug-likeness (QED) is 0.347. The first-order valence-electron chi connectivity index (χ1n) is 11.8. The van der Waals surface area contributed by atoms with Crippen molar-refractivity contribution in [1.82, 2.24) is 4.90 Å². The molecule has 0 radical (unpaired) electrons. The number of carbonyl (C=O) groups excluding carboxylic acids is 3. The highest BCUT2D eigenvalue weighted by Gasteiger charge is 2.36. The maximum atomic E-state index is 12.9. The van der Waals surface area contributed by atoms with Crippen LogP contribution in [0.1, 0.15) is 36.5 Å². The van der Waals surface area contributed by atoms with Gasteiger partial charge in [-0.05, 0) is 64.7 Å². The van der Waals surface area contributed by atoms with Crippen molar-refractivity contribution in [2.24, 2.45) is 0 Å². The number of imide groups is 1. The van der Waals surface area contributed by atoms with E-state index in [4.69, 9.17) is 9.47 Å². The van der Waals surface area contributed by atoms with E-state index in [2.05, 4.69) is 19.2 Å². The molecule has 3 aromatic rings. The molecule has 8 heteroatoms. The molecular formula is C29H28N2O5S. The fourth-order valence-corrected chi connectivity index (χ4v) is 4.55. The monoisotopic (exact) mass is 516 g/mol. The number of anilines is 1. The minimum absolute atomic E-state index is 0.235. The largest absolute Gasteiger partial charge is 0.493 e. The summed E-state index contributed by atoms with van der Waals surface area (Å²) >= 11 is 0.802. The number of thioether (sulfide) groups is 1. The maximum absolute atomic E-state index is 12.9. The molecule has 1 fully saturated rings. The Morgan fingerprint density at radius 1 is 1.00 bits per heavy atom. The Bertz CT molecular complexity index is 1320. The Kier molecular flexibility index (Phi) is 8.30. The zero-order valence-electron chi connectivity index (χ0n) is 20.9. The van der Waals surface area contributed by atoms with Crippen molar-refractivity contribution in [2.75, 3.05) is 19.0 Å². The normalized spacial score (nSPS) is 14.4. The smallest absolute Gasteiger partial charge is 0.294 e. The summed E-state index contributed by atoms with van der Waals surface area (Å²) in [6, 6.07) is 22.5. The highest BCUT2D eigenvalue weighted by Crippen LogP contribution is 2.34. The van der Waals surface area contributed by atoms with Crippen molar-refractivity contribution < 1.29 is 23.9 Å². The Hall–Kier alpha value is -4.04. The van der Waals surface area contributed by atoms with E-state index in [0.717, 1.165) is 27.8 Å². The number of carbonyl (C=O) groups is 3. The predicted molar refractivity (Wildman–Crippen MR) is 146 cm³/mol. The number of hydrogen-bond donors (Lipinski definition) is 1. The van der Waals surface area contributed by atoms with Crippen LogP contribution in [0, 0.1) is 0 Å². The van der Waals surface area contributed by atoms with Crippen LogP contribution in [-0.4, -0.2) is 35.6 Å². The molecule has 0 spiro atoms. The second-order valence-corrected chi connectivity index (χ2v) is 9.77. The molecule has 0 aliphatic carbocycles. The average Bonchev–Trinajstić information content (AvgIpc) is 3.15. The number of rotatable bonds is 9. The van der Waals surface area contributed by atoms with Gasteiger partial charge in [-0.2, -0.15) is 0 Å². The number of methoxy groups -OCH3 is 1. The second-order valence-electron chi connectivity index (χ2n) is 8.78. The third-order valence-corrected chi connectivity index (χ3v) is 6.67.